The Balaban J connectivity index is 2.13. The van der Waals surface area contributed by atoms with E-state index >= 15 is 0 Å². The number of benzene rings is 1. The van der Waals surface area contributed by atoms with Crippen LogP contribution in [0.5, 0.6) is 0 Å². The van der Waals surface area contributed by atoms with E-state index < -0.39 is 6.10 Å². The van der Waals surface area contributed by atoms with Crippen LogP contribution in [0.25, 0.3) is 11.3 Å². The minimum absolute atomic E-state index is 0.117. The molecule has 4 nitrogen and oxygen atoms in total. The molecule has 1 heterocycles. The van der Waals surface area contributed by atoms with Crippen molar-refractivity contribution in [3.8, 4) is 11.3 Å². The van der Waals surface area contributed by atoms with Crippen LogP contribution in [-0.4, -0.2) is 28.7 Å². The van der Waals surface area contributed by atoms with Crippen molar-refractivity contribution in [2.24, 2.45) is 0 Å². The second-order valence-electron chi connectivity index (χ2n) is 4.31. The average Bonchev–Trinajstić information content (AvgIpc) is 2.93. The van der Waals surface area contributed by atoms with Gasteiger partial charge < -0.3 is 19.9 Å². The smallest absolute Gasteiger partial charge is 0.135 e. The van der Waals surface area contributed by atoms with Gasteiger partial charge in [0.25, 0.3) is 0 Å². The zero-order valence-corrected chi connectivity index (χ0v) is 13.0. The van der Waals surface area contributed by atoms with Gasteiger partial charge in [-0.2, -0.15) is 0 Å². The summed E-state index contributed by atoms with van der Waals surface area (Å²) in [5.41, 5.74) is 1.77. The summed E-state index contributed by atoms with van der Waals surface area (Å²) in [4.78, 5) is 0. The van der Waals surface area contributed by atoms with Crippen molar-refractivity contribution in [1.29, 1.82) is 0 Å². The number of halogens is 2. The van der Waals surface area contributed by atoms with Crippen molar-refractivity contribution < 1.29 is 14.6 Å². The Bertz CT molecular complexity index is 573. The van der Waals surface area contributed by atoms with Gasteiger partial charge >= 0.3 is 0 Å². The maximum atomic E-state index is 9.41. The maximum absolute atomic E-state index is 9.41. The molecule has 3 N–H and O–H groups in total. The van der Waals surface area contributed by atoms with E-state index in [0.29, 0.717) is 18.1 Å². The van der Waals surface area contributed by atoms with Crippen LogP contribution in [-0.2, 0) is 6.61 Å². The predicted molar refractivity (Wildman–Crippen MR) is 83.0 cm³/mol. The molecule has 1 atom stereocenters. The van der Waals surface area contributed by atoms with Crippen molar-refractivity contribution >= 4 is 33.2 Å². The number of furan rings is 1. The van der Waals surface area contributed by atoms with Crippen LogP contribution in [0.15, 0.2) is 39.2 Å². The fourth-order valence-corrected chi connectivity index (χ4v) is 2.41. The standard InChI is InChI=1S/C14H15BrClNO3/c15-13-5-9(17-7-10(19)6-16)1-3-12(13)14-4-2-11(8-18)20-14/h1-5,10,17-19H,6-8H2. The van der Waals surface area contributed by atoms with Gasteiger partial charge in [0.1, 0.15) is 18.1 Å². The lowest BCUT2D eigenvalue weighted by molar-refractivity contribution is 0.211. The second kappa shape index (κ2) is 7.13. The summed E-state index contributed by atoms with van der Waals surface area (Å²) in [5, 5.41) is 21.5. The van der Waals surface area contributed by atoms with Gasteiger partial charge in [0.05, 0.1) is 12.0 Å². The molecule has 108 valence electrons. The molecule has 0 fully saturated rings. The van der Waals surface area contributed by atoms with Crippen LogP contribution in [0.2, 0.25) is 0 Å². The number of hydrogen-bond donors (Lipinski definition) is 3. The third-order valence-corrected chi connectivity index (χ3v) is 3.78. The van der Waals surface area contributed by atoms with Crippen molar-refractivity contribution in [1.82, 2.24) is 0 Å². The monoisotopic (exact) mass is 359 g/mol. The number of anilines is 1. The molecule has 20 heavy (non-hydrogen) atoms. The van der Waals surface area contributed by atoms with Gasteiger partial charge in [0.2, 0.25) is 0 Å². The molecule has 0 bridgehead atoms. The highest BCUT2D eigenvalue weighted by Crippen LogP contribution is 2.31. The Hall–Kier alpha value is -1.01. The summed E-state index contributed by atoms with van der Waals surface area (Å²) in [5.74, 6) is 1.41. The van der Waals surface area contributed by atoms with Crippen LogP contribution in [0.4, 0.5) is 5.69 Å². The van der Waals surface area contributed by atoms with Gasteiger partial charge in [-0.05, 0) is 46.3 Å². The number of aliphatic hydroxyl groups is 2. The fourth-order valence-electron chi connectivity index (χ4n) is 1.72. The molecule has 2 rings (SSSR count). The van der Waals surface area contributed by atoms with E-state index in [4.69, 9.17) is 21.1 Å². The lowest BCUT2D eigenvalue weighted by Gasteiger charge is -2.11. The highest BCUT2D eigenvalue weighted by molar-refractivity contribution is 9.10. The van der Waals surface area contributed by atoms with Gasteiger partial charge in [-0.1, -0.05) is 0 Å². The Morgan fingerprint density at radius 2 is 2.10 bits per heavy atom. The molecular formula is C14H15BrClNO3. The molecule has 0 aliphatic carbocycles. The first-order valence-electron chi connectivity index (χ1n) is 6.11. The molecule has 1 aromatic carbocycles. The van der Waals surface area contributed by atoms with Crippen molar-refractivity contribution in [2.75, 3.05) is 17.7 Å². The van der Waals surface area contributed by atoms with Crippen LogP contribution in [0.3, 0.4) is 0 Å². The lowest BCUT2D eigenvalue weighted by Crippen LogP contribution is -2.20. The minimum Gasteiger partial charge on any atom is -0.459 e. The molecule has 0 radical (unpaired) electrons. The van der Waals surface area contributed by atoms with Gasteiger partial charge in [0, 0.05) is 22.3 Å². The maximum Gasteiger partial charge on any atom is 0.135 e. The van der Waals surface area contributed by atoms with Crippen LogP contribution < -0.4 is 5.32 Å². The SMILES string of the molecule is OCc1ccc(-c2ccc(NCC(O)CCl)cc2Br)o1. The van der Waals surface area contributed by atoms with Crippen LogP contribution in [0, 0.1) is 0 Å². The largest absolute Gasteiger partial charge is 0.459 e. The molecule has 1 unspecified atom stereocenters. The zero-order chi connectivity index (χ0) is 14.5. The van der Waals surface area contributed by atoms with Crippen LogP contribution >= 0.6 is 27.5 Å². The van der Waals surface area contributed by atoms with Crippen molar-refractivity contribution in [2.45, 2.75) is 12.7 Å². The van der Waals surface area contributed by atoms with Crippen molar-refractivity contribution in [3.63, 3.8) is 0 Å². The Morgan fingerprint density at radius 1 is 1.30 bits per heavy atom. The second-order valence-corrected chi connectivity index (χ2v) is 5.47. The van der Waals surface area contributed by atoms with E-state index in [1.165, 1.54) is 0 Å². The molecule has 0 saturated carbocycles. The highest BCUT2D eigenvalue weighted by Gasteiger charge is 2.09. The first kappa shape index (κ1) is 15.4. The summed E-state index contributed by atoms with van der Waals surface area (Å²) in [6, 6.07) is 9.25. The van der Waals surface area contributed by atoms with Gasteiger partial charge in [-0.15, -0.1) is 11.6 Å². The third kappa shape index (κ3) is 3.76. The third-order valence-electron chi connectivity index (χ3n) is 2.77. The molecule has 0 aliphatic heterocycles. The molecule has 0 amide bonds. The fraction of sp³-hybridized carbons (Fsp3) is 0.286. The molecule has 0 spiro atoms. The molecule has 1 aromatic heterocycles. The minimum atomic E-state index is -0.577. The normalized spacial score (nSPS) is 12.4. The summed E-state index contributed by atoms with van der Waals surface area (Å²) in [6.07, 6.45) is -0.577. The number of aliphatic hydroxyl groups excluding tert-OH is 2. The van der Waals surface area contributed by atoms with Crippen molar-refractivity contribution in [3.05, 3.63) is 40.6 Å². The van der Waals surface area contributed by atoms with E-state index in [-0.39, 0.29) is 12.5 Å². The van der Waals surface area contributed by atoms with E-state index in [0.717, 1.165) is 15.7 Å². The van der Waals surface area contributed by atoms with E-state index in [1.807, 2.05) is 24.3 Å². The number of nitrogens with one attached hydrogen (secondary N) is 1. The van der Waals surface area contributed by atoms with Gasteiger partial charge in [-0.25, -0.2) is 0 Å². The summed E-state index contributed by atoms with van der Waals surface area (Å²) >= 11 is 9.03. The first-order valence-corrected chi connectivity index (χ1v) is 7.44. The summed E-state index contributed by atoms with van der Waals surface area (Å²) in [7, 11) is 0. The Kier molecular flexibility index (Phi) is 5.48. The number of hydrogen-bond acceptors (Lipinski definition) is 4. The van der Waals surface area contributed by atoms with E-state index in [9.17, 15) is 5.11 Å². The molecule has 2 aromatic rings. The van der Waals surface area contributed by atoms with Gasteiger partial charge in [-0.3, -0.25) is 0 Å². The Labute approximate surface area is 130 Å². The average molecular weight is 361 g/mol. The molecule has 6 heteroatoms. The number of rotatable bonds is 6. The molecular weight excluding hydrogens is 346 g/mol. The first-order chi connectivity index (χ1) is 9.63. The predicted octanol–water partition coefficient (Wildman–Crippen LogP) is 3.21. The topological polar surface area (TPSA) is 65.6 Å². The highest BCUT2D eigenvalue weighted by atomic mass is 79.9. The van der Waals surface area contributed by atoms with E-state index in [1.54, 1.807) is 6.07 Å². The lowest BCUT2D eigenvalue weighted by atomic mass is 10.1. The molecule has 0 aliphatic rings. The summed E-state index contributed by atoms with van der Waals surface area (Å²) < 4.78 is 6.36. The molecule has 0 saturated heterocycles. The van der Waals surface area contributed by atoms with E-state index in [2.05, 4.69) is 21.2 Å². The zero-order valence-electron chi connectivity index (χ0n) is 10.6. The summed E-state index contributed by atoms with van der Waals surface area (Å²) in [6.45, 7) is 0.276. The quantitative estimate of drug-likeness (QED) is 0.692. The Morgan fingerprint density at radius 3 is 2.70 bits per heavy atom. The van der Waals surface area contributed by atoms with Crippen LogP contribution in [0.1, 0.15) is 5.76 Å². The van der Waals surface area contributed by atoms with Gasteiger partial charge in [0.15, 0.2) is 0 Å². The number of alkyl halides is 1.